The first-order valence-electron chi connectivity index (χ1n) is 6.94. The monoisotopic (exact) mass is 350 g/mol. The summed E-state index contributed by atoms with van der Waals surface area (Å²) in [7, 11) is 1.87. The van der Waals surface area contributed by atoms with E-state index in [2.05, 4.69) is 5.32 Å². The highest BCUT2D eigenvalue weighted by Crippen LogP contribution is 2.35. The summed E-state index contributed by atoms with van der Waals surface area (Å²) in [5.74, 6) is 0.191. The molecule has 1 N–H and O–H groups in total. The highest BCUT2D eigenvalue weighted by Gasteiger charge is 2.32. The van der Waals surface area contributed by atoms with Gasteiger partial charge in [-0.15, -0.1) is 12.4 Å². The molecular weight excluding hydrogens is 331 g/mol. The minimum Gasteiger partial charge on any atom is -0.335 e. The quantitative estimate of drug-likeness (QED) is 0.891. The number of carbonyl (C=O) groups is 1. The van der Waals surface area contributed by atoms with E-state index >= 15 is 0 Å². The lowest BCUT2D eigenvalue weighted by atomic mass is 10.0. The van der Waals surface area contributed by atoms with Gasteiger partial charge in [0, 0.05) is 19.0 Å². The Bertz CT molecular complexity index is 496. The van der Waals surface area contributed by atoms with Crippen LogP contribution in [0.2, 0.25) is 10.0 Å². The number of rotatable bonds is 4. The van der Waals surface area contributed by atoms with Crippen LogP contribution < -0.4 is 5.32 Å². The Balaban J connectivity index is 0.00000220. The van der Waals surface area contributed by atoms with Crippen molar-refractivity contribution >= 4 is 41.5 Å². The molecule has 118 valence electrons. The topological polar surface area (TPSA) is 32.3 Å². The minimum atomic E-state index is -0.0108. The standard InChI is InChI=1S/C15H20Cl2N2O.ClH/c1-10(9-18-2)15(20)19-7-3-4-14(19)11-5-6-12(16)13(17)8-11;/h5-6,8,10,14,18H,3-4,7,9H2,1-2H3;1H. The maximum atomic E-state index is 12.5. The van der Waals surface area contributed by atoms with Crippen LogP contribution in [0.5, 0.6) is 0 Å². The zero-order chi connectivity index (χ0) is 14.7. The maximum Gasteiger partial charge on any atom is 0.227 e. The Hall–Kier alpha value is -0.480. The molecule has 2 atom stereocenters. The molecule has 21 heavy (non-hydrogen) atoms. The molecule has 1 aliphatic heterocycles. The number of likely N-dealkylation sites (tertiary alicyclic amines) is 1. The number of nitrogens with zero attached hydrogens (tertiary/aromatic N) is 1. The average molecular weight is 352 g/mol. The molecule has 1 saturated heterocycles. The maximum absolute atomic E-state index is 12.5. The zero-order valence-corrected chi connectivity index (χ0v) is 14.6. The van der Waals surface area contributed by atoms with Crippen LogP contribution in [0.3, 0.4) is 0 Å². The summed E-state index contributed by atoms with van der Waals surface area (Å²) in [4.78, 5) is 14.5. The lowest BCUT2D eigenvalue weighted by molar-refractivity contribution is -0.135. The molecule has 0 aliphatic carbocycles. The van der Waals surface area contributed by atoms with Crippen LogP contribution in [0.1, 0.15) is 31.4 Å². The van der Waals surface area contributed by atoms with Crippen molar-refractivity contribution in [2.24, 2.45) is 5.92 Å². The molecule has 1 fully saturated rings. The lowest BCUT2D eigenvalue weighted by Gasteiger charge is -2.28. The molecule has 0 aromatic heterocycles. The largest absolute Gasteiger partial charge is 0.335 e. The first-order valence-corrected chi connectivity index (χ1v) is 7.70. The van der Waals surface area contributed by atoms with Crippen LogP contribution in [-0.2, 0) is 4.79 Å². The van der Waals surface area contributed by atoms with Crippen LogP contribution in [0.25, 0.3) is 0 Å². The Kier molecular flexibility index (Phi) is 7.28. The van der Waals surface area contributed by atoms with Crippen LogP contribution >= 0.6 is 35.6 Å². The second-order valence-corrected chi connectivity index (χ2v) is 6.14. The highest BCUT2D eigenvalue weighted by molar-refractivity contribution is 6.42. The van der Waals surface area contributed by atoms with E-state index in [1.165, 1.54) is 0 Å². The molecule has 1 aliphatic rings. The van der Waals surface area contributed by atoms with Crippen LogP contribution in [-0.4, -0.2) is 30.9 Å². The molecule has 0 bridgehead atoms. The molecule has 1 heterocycles. The fraction of sp³-hybridized carbons (Fsp3) is 0.533. The van der Waals surface area contributed by atoms with Gasteiger partial charge in [0.15, 0.2) is 0 Å². The fourth-order valence-corrected chi connectivity index (χ4v) is 3.08. The summed E-state index contributed by atoms with van der Waals surface area (Å²) >= 11 is 12.0. The summed E-state index contributed by atoms with van der Waals surface area (Å²) in [6.07, 6.45) is 2.01. The van der Waals surface area contributed by atoms with E-state index in [0.717, 1.165) is 24.9 Å². The van der Waals surface area contributed by atoms with Gasteiger partial charge in [0.1, 0.15) is 0 Å². The van der Waals surface area contributed by atoms with Gasteiger partial charge in [-0.1, -0.05) is 36.2 Å². The molecule has 1 aromatic carbocycles. The van der Waals surface area contributed by atoms with Crippen LogP contribution in [0.4, 0.5) is 0 Å². The third kappa shape index (κ3) is 4.26. The summed E-state index contributed by atoms with van der Waals surface area (Å²) in [6.45, 7) is 3.48. The van der Waals surface area contributed by atoms with Crippen molar-refractivity contribution in [1.82, 2.24) is 10.2 Å². The molecule has 3 nitrogen and oxygen atoms in total. The van der Waals surface area contributed by atoms with Gasteiger partial charge in [0.2, 0.25) is 5.91 Å². The van der Waals surface area contributed by atoms with Crippen molar-refractivity contribution in [1.29, 1.82) is 0 Å². The molecule has 2 rings (SSSR count). The summed E-state index contributed by atoms with van der Waals surface area (Å²) in [5, 5.41) is 4.16. The summed E-state index contributed by atoms with van der Waals surface area (Å²) < 4.78 is 0. The molecule has 0 radical (unpaired) electrons. The molecule has 2 unspecified atom stereocenters. The summed E-state index contributed by atoms with van der Waals surface area (Å²) in [6, 6.07) is 5.77. The fourth-order valence-electron chi connectivity index (χ4n) is 2.77. The second kappa shape index (κ2) is 8.23. The predicted molar refractivity (Wildman–Crippen MR) is 90.5 cm³/mol. The number of hydrogen-bond donors (Lipinski definition) is 1. The molecule has 1 amide bonds. The van der Waals surface area contributed by atoms with Crippen LogP contribution in [0, 0.1) is 5.92 Å². The number of nitrogens with one attached hydrogen (secondary N) is 1. The predicted octanol–water partition coefficient (Wildman–Crippen LogP) is 3.93. The Morgan fingerprint density at radius 2 is 2.14 bits per heavy atom. The number of hydrogen-bond acceptors (Lipinski definition) is 2. The van der Waals surface area contributed by atoms with E-state index in [1.54, 1.807) is 6.07 Å². The van der Waals surface area contributed by atoms with Crippen molar-refractivity contribution in [3.63, 3.8) is 0 Å². The van der Waals surface area contributed by atoms with E-state index in [1.807, 2.05) is 31.0 Å². The van der Waals surface area contributed by atoms with Gasteiger partial charge in [-0.25, -0.2) is 0 Å². The first-order chi connectivity index (χ1) is 9.54. The molecule has 1 aromatic rings. The van der Waals surface area contributed by atoms with E-state index < -0.39 is 0 Å². The number of benzene rings is 1. The highest BCUT2D eigenvalue weighted by atomic mass is 35.5. The van der Waals surface area contributed by atoms with Crippen molar-refractivity contribution in [2.45, 2.75) is 25.8 Å². The van der Waals surface area contributed by atoms with Gasteiger partial charge < -0.3 is 10.2 Å². The smallest absolute Gasteiger partial charge is 0.227 e. The van der Waals surface area contributed by atoms with Gasteiger partial charge in [0.05, 0.1) is 16.1 Å². The molecular formula is C15H21Cl3N2O. The number of carbonyl (C=O) groups excluding carboxylic acids is 1. The van der Waals surface area contributed by atoms with Crippen molar-refractivity contribution < 1.29 is 4.79 Å². The van der Waals surface area contributed by atoms with Crippen LogP contribution in [0.15, 0.2) is 18.2 Å². The van der Waals surface area contributed by atoms with Gasteiger partial charge in [-0.3, -0.25) is 4.79 Å². The van der Waals surface area contributed by atoms with E-state index in [9.17, 15) is 4.79 Å². The van der Waals surface area contributed by atoms with Gasteiger partial charge >= 0.3 is 0 Å². The third-order valence-corrected chi connectivity index (χ3v) is 4.54. The normalized spacial score (nSPS) is 19.2. The molecule has 6 heteroatoms. The average Bonchev–Trinajstić information content (AvgIpc) is 2.90. The Labute approximate surface area is 142 Å². The molecule has 0 spiro atoms. The van der Waals surface area contributed by atoms with Crippen molar-refractivity contribution in [3.8, 4) is 0 Å². The van der Waals surface area contributed by atoms with E-state index in [0.29, 0.717) is 16.6 Å². The Morgan fingerprint density at radius 3 is 2.76 bits per heavy atom. The van der Waals surface area contributed by atoms with E-state index in [-0.39, 0.29) is 30.3 Å². The SMILES string of the molecule is CNCC(C)C(=O)N1CCCC1c1ccc(Cl)c(Cl)c1.Cl. The third-order valence-electron chi connectivity index (χ3n) is 3.80. The van der Waals surface area contributed by atoms with Gasteiger partial charge in [-0.2, -0.15) is 0 Å². The second-order valence-electron chi connectivity index (χ2n) is 5.32. The summed E-state index contributed by atoms with van der Waals surface area (Å²) in [5.41, 5.74) is 1.07. The van der Waals surface area contributed by atoms with Crippen molar-refractivity contribution in [2.75, 3.05) is 20.1 Å². The minimum absolute atomic E-state index is 0. The molecule has 0 saturated carbocycles. The number of halogens is 3. The number of amides is 1. The van der Waals surface area contributed by atoms with Gasteiger partial charge in [-0.05, 0) is 37.6 Å². The van der Waals surface area contributed by atoms with E-state index in [4.69, 9.17) is 23.2 Å². The van der Waals surface area contributed by atoms with Gasteiger partial charge in [0.25, 0.3) is 0 Å². The lowest BCUT2D eigenvalue weighted by Crippen LogP contribution is -2.38. The first kappa shape index (κ1) is 18.6. The zero-order valence-electron chi connectivity index (χ0n) is 12.2. The Morgan fingerprint density at radius 1 is 1.43 bits per heavy atom. The van der Waals surface area contributed by atoms with Crippen molar-refractivity contribution in [3.05, 3.63) is 33.8 Å².